The summed E-state index contributed by atoms with van der Waals surface area (Å²) in [5, 5.41) is 5.40. The van der Waals surface area contributed by atoms with Gasteiger partial charge in [-0.3, -0.25) is 0 Å². The van der Waals surface area contributed by atoms with Crippen LogP contribution >= 0.6 is 11.3 Å². The molecule has 3 heterocycles. The van der Waals surface area contributed by atoms with Gasteiger partial charge >= 0.3 is 0 Å². The van der Waals surface area contributed by atoms with Crippen molar-refractivity contribution in [2.75, 3.05) is 0 Å². The SMILES string of the molecule is c1ccc(-c2nc(-c3ccccc3)nc(-c3ccc4ccc(-c5cccc6oc7cc8sc(-c9ccccc9)nc8cc7c56)cc4c3)n2)cc1. The number of hydrogen-bond donors (Lipinski definition) is 0. The maximum atomic E-state index is 6.45. The van der Waals surface area contributed by atoms with E-state index in [2.05, 4.69) is 72.8 Å². The number of fused-ring (bicyclic) bond motifs is 5. The van der Waals surface area contributed by atoms with Crippen LogP contribution in [-0.2, 0) is 0 Å². The normalized spacial score (nSPS) is 11.6. The molecule has 234 valence electrons. The fourth-order valence-corrected chi connectivity index (χ4v) is 7.66. The summed E-state index contributed by atoms with van der Waals surface area (Å²) in [6.45, 7) is 0. The largest absolute Gasteiger partial charge is 0.456 e. The Balaban J connectivity index is 1.10. The Bertz CT molecular complexity index is 2810. The maximum Gasteiger partial charge on any atom is 0.164 e. The summed E-state index contributed by atoms with van der Waals surface area (Å²) in [6.07, 6.45) is 0. The molecule has 5 nitrogen and oxygen atoms in total. The zero-order valence-corrected chi connectivity index (χ0v) is 27.4. The molecule has 10 aromatic rings. The number of thiazole rings is 1. The first-order valence-corrected chi connectivity index (χ1v) is 17.3. The molecule has 7 aromatic carbocycles. The molecule has 0 amide bonds. The fourth-order valence-electron chi connectivity index (χ4n) is 6.68. The standard InChI is InChI=1S/C44H26N4OS/c1-4-11-28(12-5-1)41-46-42(29-13-6-2-7-14-29)48-43(47-41)32-22-20-27-19-21-31(23-33(27)24-32)34-17-10-18-37-40(34)35-25-36-39(26-38(35)49-37)50-44(45-36)30-15-8-3-9-16-30/h1-26H. The van der Waals surface area contributed by atoms with E-state index in [1.54, 1.807) is 11.3 Å². The minimum Gasteiger partial charge on any atom is -0.456 e. The van der Waals surface area contributed by atoms with Gasteiger partial charge in [0, 0.05) is 39.1 Å². The molecule has 0 bridgehead atoms. The molecule has 0 saturated carbocycles. The fraction of sp³-hybridized carbons (Fsp3) is 0. The van der Waals surface area contributed by atoms with Crippen molar-refractivity contribution in [1.29, 1.82) is 0 Å². The Morgan fingerprint density at radius 3 is 1.70 bits per heavy atom. The molecule has 0 unspecified atom stereocenters. The van der Waals surface area contributed by atoms with Gasteiger partial charge in [0.15, 0.2) is 17.5 Å². The highest BCUT2D eigenvalue weighted by Gasteiger charge is 2.17. The van der Waals surface area contributed by atoms with E-state index in [4.69, 9.17) is 24.4 Å². The predicted octanol–water partition coefficient (Wildman–Crippen LogP) is 11.9. The molecular formula is C44H26N4OS. The first-order valence-electron chi connectivity index (χ1n) is 16.5. The number of rotatable bonds is 5. The van der Waals surface area contributed by atoms with E-state index in [9.17, 15) is 0 Å². The van der Waals surface area contributed by atoms with Crippen molar-refractivity contribution in [3.63, 3.8) is 0 Å². The van der Waals surface area contributed by atoms with Gasteiger partial charge in [-0.05, 0) is 46.2 Å². The average molecular weight is 659 g/mol. The lowest BCUT2D eigenvalue weighted by Crippen LogP contribution is -2.00. The number of benzene rings is 7. The van der Waals surface area contributed by atoms with E-state index in [-0.39, 0.29) is 0 Å². The van der Waals surface area contributed by atoms with Crippen LogP contribution in [0.3, 0.4) is 0 Å². The van der Waals surface area contributed by atoms with Gasteiger partial charge in [-0.25, -0.2) is 19.9 Å². The van der Waals surface area contributed by atoms with Gasteiger partial charge in [-0.2, -0.15) is 0 Å². The molecule has 0 aliphatic heterocycles. The van der Waals surface area contributed by atoms with Crippen LogP contribution in [0.2, 0.25) is 0 Å². The number of aromatic nitrogens is 4. The summed E-state index contributed by atoms with van der Waals surface area (Å²) in [4.78, 5) is 19.8. The molecule has 0 saturated heterocycles. The lowest BCUT2D eigenvalue weighted by atomic mass is 9.96. The second kappa shape index (κ2) is 11.6. The van der Waals surface area contributed by atoms with E-state index < -0.39 is 0 Å². The van der Waals surface area contributed by atoms with Gasteiger partial charge in [0.25, 0.3) is 0 Å². The minimum atomic E-state index is 0.634. The Labute approximate surface area is 291 Å². The average Bonchev–Trinajstić information content (AvgIpc) is 3.78. The minimum absolute atomic E-state index is 0.634. The van der Waals surface area contributed by atoms with Crippen LogP contribution in [0, 0.1) is 0 Å². The van der Waals surface area contributed by atoms with Crippen molar-refractivity contribution < 1.29 is 4.42 Å². The highest BCUT2D eigenvalue weighted by atomic mass is 32.1. The van der Waals surface area contributed by atoms with Crippen molar-refractivity contribution >= 4 is 54.3 Å². The highest BCUT2D eigenvalue weighted by Crippen LogP contribution is 2.41. The smallest absolute Gasteiger partial charge is 0.164 e. The summed E-state index contributed by atoms with van der Waals surface area (Å²) in [6, 6.07) is 54.1. The lowest BCUT2D eigenvalue weighted by molar-refractivity contribution is 0.669. The van der Waals surface area contributed by atoms with E-state index in [1.807, 2.05) is 84.9 Å². The van der Waals surface area contributed by atoms with Crippen LogP contribution in [0.15, 0.2) is 162 Å². The molecule has 3 aromatic heterocycles. The quantitative estimate of drug-likeness (QED) is 0.184. The molecule has 10 rings (SSSR count). The van der Waals surface area contributed by atoms with Crippen molar-refractivity contribution in [2.45, 2.75) is 0 Å². The van der Waals surface area contributed by atoms with E-state index in [0.29, 0.717) is 17.5 Å². The van der Waals surface area contributed by atoms with Crippen LogP contribution in [0.4, 0.5) is 0 Å². The van der Waals surface area contributed by atoms with Gasteiger partial charge in [0.05, 0.1) is 10.2 Å². The van der Waals surface area contributed by atoms with Gasteiger partial charge in [0.1, 0.15) is 16.2 Å². The Kier molecular flexibility index (Phi) is 6.60. The van der Waals surface area contributed by atoms with Crippen LogP contribution in [0.1, 0.15) is 0 Å². The van der Waals surface area contributed by atoms with E-state index in [0.717, 1.165) is 81.3 Å². The van der Waals surface area contributed by atoms with Gasteiger partial charge in [-0.1, -0.05) is 127 Å². The van der Waals surface area contributed by atoms with Crippen LogP contribution in [0.5, 0.6) is 0 Å². The summed E-state index contributed by atoms with van der Waals surface area (Å²) < 4.78 is 7.56. The summed E-state index contributed by atoms with van der Waals surface area (Å²) in [5.74, 6) is 1.92. The van der Waals surface area contributed by atoms with Crippen molar-refractivity contribution in [1.82, 2.24) is 19.9 Å². The molecule has 0 spiro atoms. The molecule has 6 heteroatoms. The lowest BCUT2D eigenvalue weighted by Gasteiger charge is -2.10. The molecule has 0 fully saturated rings. The zero-order valence-electron chi connectivity index (χ0n) is 26.6. The van der Waals surface area contributed by atoms with Crippen LogP contribution in [0.25, 0.3) is 98.8 Å². The van der Waals surface area contributed by atoms with Gasteiger partial charge < -0.3 is 4.42 Å². The van der Waals surface area contributed by atoms with Gasteiger partial charge in [0.2, 0.25) is 0 Å². The third-order valence-electron chi connectivity index (χ3n) is 9.13. The summed E-state index contributed by atoms with van der Waals surface area (Å²) >= 11 is 1.69. The monoisotopic (exact) mass is 658 g/mol. The molecule has 0 radical (unpaired) electrons. The number of nitrogens with zero attached hydrogens (tertiary/aromatic N) is 4. The number of furan rings is 1. The second-order valence-corrected chi connectivity index (χ2v) is 13.3. The Morgan fingerprint density at radius 2 is 1.02 bits per heavy atom. The van der Waals surface area contributed by atoms with Crippen LogP contribution in [-0.4, -0.2) is 19.9 Å². The van der Waals surface area contributed by atoms with Crippen molar-refractivity contribution in [2.24, 2.45) is 0 Å². The zero-order chi connectivity index (χ0) is 33.0. The third kappa shape index (κ3) is 4.93. The predicted molar refractivity (Wildman–Crippen MR) is 205 cm³/mol. The Morgan fingerprint density at radius 1 is 0.420 bits per heavy atom. The molecule has 0 aliphatic rings. The highest BCUT2D eigenvalue weighted by molar-refractivity contribution is 7.21. The summed E-state index contributed by atoms with van der Waals surface area (Å²) in [5.41, 5.74) is 8.87. The van der Waals surface area contributed by atoms with E-state index in [1.165, 1.54) is 0 Å². The number of hydrogen-bond acceptors (Lipinski definition) is 6. The molecule has 0 atom stereocenters. The molecule has 50 heavy (non-hydrogen) atoms. The van der Waals surface area contributed by atoms with Crippen molar-refractivity contribution in [3.05, 3.63) is 158 Å². The van der Waals surface area contributed by atoms with Crippen LogP contribution < -0.4 is 0 Å². The first-order chi connectivity index (χ1) is 24.7. The molecule has 0 aliphatic carbocycles. The molecule has 0 N–H and O–H groups in total. The third-order valence-corrected chi connectivity index (χ3v) is 10.2. The Hall–Kier alpha value is -6.50. The maximum absolute atomic E-state index is 6.45. The first kappa shape index (κ1) is 28.5. The van der Waals surface area contributed by atoms with Gasteiger partial charge in [-0.15, -0.1) is 11.3 Å². The topological polar surface area (TPSA) is 64.7 Å². The molecular weight excluding hydrogens is 633 g/mol. The van der Waals surface area contributed by atoms with Crippen molar-refractivity contribution in [3.8, 4) is 55.9 Å². The second-order valence-electron chi connectivity index (χ2n) is 12.3. The van der Waals surface area contributed by atoms with E-state index >= 15 is 0 Å². The summed E-state index contributed by atoms with van der Waals surface area (Å²) in [7, 11) is 0.